The monoisotopic (exact) mass is 1200 g/mol. The van der Waals surface area contributed by atoms with E-state index in [0.717, 1.165) is 66.4 Å². The van der Waals surface area contributed by atoms with Crippen molar-refractivity contribution in [3.63, 3.8) is 0 Å². The second-order valence-electron chi connectivity index (χ2n) is 23.9. The highest BCUT2D eigenvalue weighted by molar-refractivity contribution is 7.13. The Kier molecular flexibility index (Phi) is 20.9. The Morgan fingerprint density at radius 1 is 0.824 bits per heavy atom. The van der Waals surface area contributed by atoms with Gasteiger partial charge in [0.2, 0.25) is 29.2 Å². The summed E-state index contributed by atoms with van der Waals surface area (Å²) in [7, 11) is 1.98. The molecule has 0 aliphatic carbocycles. The number of alkyl halides is 3. The molecule has 3 aliphatic rings. The predicted molar refractivity (Wildman–Crippen MR) is 321 cm³/mol. The third-order valence-corrected chi connectivity index (χ3v) is 17.5. The van der Waals surface area contributed by atoms with Crippen molar-refractivity contribution >= 4 is 58.1 Å². The van der Waals surface area contributed by atoms with Crippen LogP contribution >= 0.6 is 11.3 Å². The van der Waals surface area contributed by atoms with Gasteiger partial charge in [0, 0.05) is 113 Å². The van der Waals surface area contributed by atoms with Gasteiger partial charge in [0.25, 0.3) is 5.91 Å². The number of aliphatic hydroxyl groups is 1. The van der Waals surface area contributed by atoms with Crippen molar-refractivity contribution in [1.29, 1.82) is 0 Å². The number of aliphatic hydroxyl groups excluding tert-OH is 1. The summed E-state index contributed by atoms with van der Waals surface area (Å²) in [5, 5.41) is 19.1. The van der Waals surface area contributed by atoms with Crippen LogP contribution in [-0.2, 0) is 31.9 Å². The summed E-state index contributed by atoms with van der Waals surface area (Å²) in [4.78, 5) is 101. The fourth-order valence-electron chi connectivity index (χ4n) is 11.4. The highest BCUT2D eigenvalue weighted by atomic mass is 32.1. The molecule has 0 unspecified atom stereocenters. The van der Waals surface area contributed by atoms with Gasteiger partial charge in [0.15, 0.2) is 0 Å². The van der Waals surface area contributed by atoms with Crippen molar-refractivity contribution in [2.45, 2.75) is 149 Å². The van der Waals surface area contributed by atoms with E-state index in [4.69, 9.17) is 0 Å². The van der Waals surface area contributed by atoms with E-state index in [0.29, 0.717) is 75.2 Å². The maximum absolute atomic E-state index is 16.2. The number of aromatic nitrogens is 3. The third kappa shape index (κ3) is 16.2. The number of nitrogens with one attached hydrogen (secondary N) is 4. The molecule has 3 saturated heterocycles. The molecule has 6 heterocycles. The molecule has 3 fully saturated rings. The largest absolute Gasteiger partial charge is 0.417 e. The number of likely N-dealkylation sites (tertiary alicyclic amines) is 1. The normalized spacial score (nSPS) is 19.0. The van der Waals surface area contributed by atoms with Crippen LogP contribution < -0.4 is 31.3 Å². The van der Waals surface area contributed by atoms with Crippen molar-refractivity contribution < 1.29 is 46.6 Å². The number of thiazole rings is 1. The number of rotatable bonds is 21. The van der Waals surface area contributed by atoms with E-state index in [1.807, 2.05) is 93.1 Å². The van der Waals surface area contributed by atoms with Crippen LogP contribution in [0.3, 0.4) is 0 Å². The van der Waals surface area contributed by atoms with E-state index in [9.17, 15) is 47.0 Å². The van der Waals surface area contributed by atoms with Gasteiger partial charge in [-0.2, -0.15) is 13.2 Å². The first kappa shape index (κ1) is 63.8. The maximum Gasteiger partial charge on any atom is 0.417 e. The number of aromatic amines is 1. The van der Waals surface area contributed by atoms with E-state index in [1.165, 1.54) is 23.2 Å². The molecule has 2 aromatic carbocycles. The van der Waals surface area contributed by atoms with Crippen LogP contribution in [0.15, 0.2) is 77.3 Å². The van der Waals surface area contributed by atoms with Gasteiger partial charge in [0.05, 0.1) is 44.7 Å². The van der Waals surface area contributed by atoms with Crippen molar-refractivity contribution in [3.05, 3.63) is 111 Å². The van der Waals surface area contributed by atoms with Crippen LogP contribution in [0, 0.1) is 18.2 Å². The van der Waals surface area contributed by atoms with Crippen LogP contribution in [0.1, 0.15) is 126 Å². The molecule has 0 radical (unpaired) electrons. The molecule has 3 aliphatic heterocycles. The standard InChI is InChI=1S/C62H79F4N11O7S/c1-38-34-76(35-39(2)73(38)7)50-30-48(63)45(28-49(50)71-58(82)46-33-68-54(80)29-47(46)62(64,65)66)43-21-22-52(67-32-43)74-23-25-75(26-24-74)55(81)16-14-12-10-8-9-11-13-15-53(79)72-57(61(4,5)6)60(84)77-36-44(78)27-51(77)59(83)69-31-41-17-19-42(20-18-41)56-40(3)70-37-85-56/h17-22,28-30,32-33,37-39,44,51,57,78H,8-16,23-27,31,34-36H2,1-7H3,(H,68,80)(H,69,83)(H,71,82)(H,72,79)/t38-,39+,44-,51+,57-/m1/s1. The minimum atomic E-state index is -4.99. The lowest BCUT2D eigenvalue weighted by Gasteiger charge is -2.44. The predicted octanol–water partition coefficient (Wildman–Crippen LogP) is 8.78. The molecule has 5 aromatic rings. The highest BCUT2D eigenvalue weighted by Gasteiger charge is 2.45. The summed E-state index contributed by atoms with van der Waals surface area (Å²) >= 11 is 1.57. The Morgan fingerprint density at radius 2 is 1.47 bits per heavy atom. The van der Waals surface area contributed by atoms with Crippen LogP contribution in [-0.4, -0.2) is 147 Å². The molecule has 5 N–H and O–H groups in total. The number of H-pyrrole nitrogens is 1. The molecule has 85 heavy (non-hydrogen) atoms. The number of anilines is 3. The van der Waals surface area contributed by atoms with Crippen molar-refractivity contribution in [2.75, 3.05) is 68.0 Å². The molecule has 0 spiro atoms. The number of pyridine rings is 2. The number of nitrogens with zero attached hydrogens (tertiary/aromatic N) is 7. The van der Waals surface area contributed by atoms with Gasteiger partial charge >= 0.3 is 6.18 Å². The molecule has 5 atom stereocenters. The fraction of sp³-hybridized carbons (Fsp3) is 0.516. The number of carbonyl (C=O) groups is 5. The van der Waals surface area contributed by atoms with E-state index in [2.05, 4.69) is 35.8 Å². The number of benzene rings is 2. The average molecular weight is 1200 g/mol. The fourth-order valence-corrected chi connectivity index (χ4v) is 12.2. The van der Waals surface area contributed by atoms with Crippen LogP contribution in [0.25, 0.3) is 21.6 Å². The van der Waals surface area contributed by atoms with Crippen LogP contribution in [0.4, 0.5) is 34.8 Å². The number of aryl methyl sites for hydroxylation is 1. The SMILES string of the molecule is Cc1ncsc1-c1ccc(CNC(=O)[C@@H]2C[C@@H](O)CN2C(=O)[C@@H](NC(=O)CCCCCCCCCC(=O)N2CCN(c3ccc(-c4cc(NC(=O)c5c[nH]c(=O)cc5C(F)(F)F)c(N5C[C@@H](C)N(C)[C@@H](C)C5)cc4F)cn3)CC2)C(C)(C)C)cc1. The Balaban J connectivity index is 0.745. The zero-order valence-corrected chi connectivity index (χ0v) is 50.3. The summed E-state index contributed by atoms with van der Waals surface area (Å²) in [6.45, 7) is 14.8. The van der Waals surface area contributed by atoms with E-state index < -0.39 is 64.1 Å². The summed E-state index contributed by atoms with van der Waals surface area (Å²) in [6, 6.07) is 12.6. The lowest BCUT2D eigenvalue weighted by atomic mass is 9.85. The van der Waals surface area contributed by atoms with Crippen LogP contribution in [0.5, 0.6) is 0 Å². The maximum atomic E-state index is 16.2. The number of halogens is 4. The van der Waals surface area contributed by atoms with E-state index in [1.54, 1.807) is 23.5 Å². The zero-order chi connectivity index (χ0) is 61.3. The average Bonchev–Trinajstić information content (AvgIpc) is 1.97. The van der Waals surface area contributed by atoms with Gasteiger partial charge in [-0.05, 0) is 81.5 Å². The number of hydrogen-bond acceptors (Lipinski definition) is 13. The first-order valence-corrected chi connectivity index (χ1v) is 30.2. The number of carbonyl (C=O) groups excluding carboxylic acids is 5. The number of β-amino-alcohol motifs (C(OH)–C–C–N with tert-alkyl or cyclic N) is 1. The van der Waals surface area contributed by atoms with Gasteiger partial charge in [-0.25, -0.2) is 14.4 Å². The number of amides is 5. The summed E-state index contributed by atoms with van der Waals surface area (Å²) < 4.78 is 58.2. The molecule has 23 heteroatoms. The lowest BCUT2D eigenvalue weighted by molar-refractivity contribution is -0.144. The number of piperazine rings is 2. The topological polar surface area (TPSA) is 217 Å². The van der Waals surface area contributed by atoms with Crippen molar-refractivity contribution in [1.82, 2.24) is 40.3 Å². The molecule has 0 bridgehead atoms. The zero-order valence-electron chi connectivity index (χ0n) is 49.5. The molecular weight excluding hydrogens is 1120 g/mol. The van der Waals surface area contributed by atoms with Crippen molar-refractivity contribution in [2.24, 2.45) is 5.41 Å². The number of likely N-dealkylation sites (N-methyl/N-ethyl adjacent to an activating group) is 1. The molecular formula is C62H79F4N11O7S. The summed E-state index contributed by atoms with van der Waals surface area (Å²) in [5.74, 6) is -2.05. The number of hydrogen-bond donors (Lipinski definition) is 5. The molecule has 0 saturated carbocycles. The third-order valence-electron chi connectivity index (χ3n) is 16.5. The number of unbranched alkanes of at least 4 members (excludes halogenated alkanes) is 6. The second kappa shape index (κ2) is 27.9. The summed E-state index contributed by atoms with van der Waals surface area (Å²) in [6.07, 6.45) is 3.08. The Morgan fingerprint density at radius 3 is 2.08 bits per heavy atom. The minimum absolute atomic E-state index is 0.00363. The summed E-state index contributed by atoms with van der Waals surface area (Å²) in [5.41, 5.74) is 1.65. The molecule has 458 valence electrons. The quantitative estimate of drug-likeness (QED) is 0.0344. The van der Waals surface area contributed by atoms with Gasteiger partial charge in [-0.15, -0.1) is 11.3 Å². The van der Waals surface area contributed by atoms with Gasteiger partial charge in [0.1, 0.15) is 23.7 Å². The smallest absolute Gasteiger partial charge is 0.391 e. The van der Waals surface area contributed by atoms with Crippen molar-refractivity contribution in [3.8, 4) is 21.6 Å². The van der Waals surface area contributed by atoms with Gasteiger partial charge < -0.3 is 45.6 Å². The van der Waals surface area contributed by atoms with E-state index in [-0.39, 0.29) is 67.0 Å². The lowest BCUT2D eigenvalue weighted by Crippen LogP contribution is -2.57. The van der Waals surface area contributed by atoms with Gasteiger partial charge in [-0.3, -0.25) is 33.7 Å². The van der Waals surface area contributed by atoms with Crippen LogP contribution in [0.2, 0.25) is 0 Å². The molecule has 3 aromatic heterocycles. The van der Waals surface area contributed by atoms with Gasteiger partial charge in [-0.1, -0.05) is 77.1 Å². The Labute approximate surface area is 497 Å². The molecule has 5 amide bonds. The first-order chi connectivity index (χ1) is 40.4. The van der Waals surface area contributed by atoms with E-state index >= 15 is 4.39 Å². The Hall–Kier alpha value is -7.24. The Bertz CT molecular complexity index is 3200. The molecule has 18 nitrogen and oxygen atoms in total. The first-order valence-electron chi connectivity index (χ1n) is 29.3. The second-order valence-corrected chi connectivity index (χ2v) is 24.7. The molecule has 8 rings (SSSR count). The minimum Gasteiger partial charge on any atom is -0.391 e. The highest BCUT2D eigenvalue weighted by Crippen LogP contribution is 2.38.